The van der Waals surface area contributed by atoms with Crippen molar-refractivity contribution in [3.63, 3.8) is 0 Å². The number of nitrogens with one attached hydrogen (secondary N) is 2. The van der Waals surface area contributed by atoms with Crippen molar-refractivity contribution in [3.05, 3.63) is 88.3 Å². The fraction of sp³-hybridized carbons (Fsp3) is 0.222. The Morgan fingerprint density at radius 2 is 1.77 bits per heavy atom. The van der Waals surface area contributed by atoms with Crippen LogP contribution in [0.5, 0.6) is 5.75 Å². The number of aromatic nitrogens is 1. The third kappa shape index (κ3) is 6.18. The minimum atomic E-state index is -1.14. The highest BCUT2D eigenvalue weighted by molar-refractivity contribution is 7.80. The van der Waals surface area contributed by atoms with Crippen molar-refractivity contribution in [2.75, 3.05) is 5.32 Å². The summed E-state index contributed by atoms with van der Waals surface area (Å²) in [5.41, 5.74) is 4.60. The summed E-state index contributed by atoms with van der Waals surface area (Å²) in [4.78, 5) is 17.3. The molecule has 0 aliphatic carbocycles. The van der Waals surface area contributed by atoms with E-state index in [4.69, 9.17) is 33.0 Å². The number of oxazole rings is 1. The Hall–Kier alpha value is -3.42. The van der Waals surface area contributed by atoms with Crippen molar-refractivity contribution in [2.45, 2.75) is 39.7 Å². The number of aryl methyl sites for hydroxylation is 2. The summed E-state index contributed by atoms with van der Waals surface area (Å²) in [6.45, 7) is 7.41. The average Bonchev–Trinajstić information content (AvgIpc) is 3.19. The summed E-state index contributed by atoms with van der Waals surface area (Å²) in [6, 6.07) is 18.6. The molecular weight excluding hydrogens is 482 g/mol. The van der Waals surface area contributed by atoms with E-state index in [9.17, 15) is 4.79 Å². The van der Waals surface area contributed by atoms with Crippen LogP contribution in [-0.4, -0.2) is 21.6 Å². The number of thiocarbonyl (C=S) groups is 1. The summed E-state index contributed by atoms with van der Waals surface area (Å²) in [6.07, 6.45) is 0.574. The van der Waals surface area contributed by atoms with E-state index in [1.165, 1.54) is 0 Å². The molecule has 0 aliphatic heterocycles. The Morgan fingerprint density at radius 1 is 1.09 bits per heavy atom. The van der Waals surface area contributed by atoms with Crippen LogP contribution in [0, 0.1) is 13.8 Å². The molecule has 0 bridgehead atoms. The van der Waals surface area contributed by atoms with Crippen LogP contribution in [0.25, 0.3) is 11.1 Å². The number of carbonyl (C=O) groups is 1. The minimum Gasteiger partial charge on any atom is -0.478 e. The first-order valence-electron chi connectivity index (χ1n) is 11.1. The van der Waals surface area contributed by atoms with Gasteiger partial charge in [-0.1, -0.05) is 29.8 Å². The van der Waals surface area contributed by atoms with Gasteiger partial charge < -0.3 is 14.5 Å². The average molecular weight is 508 g/mol. The van der Waals surface area contributed by atoms with Gasteiger partial charge in [-0.2, -0.15) is 0 Å². The van der Waals surface area contributed by atoms with Gasteiger partial charge in [-0.25, -0.2) is 4.98 Å². The number of nitrogens with zero attached hydrogens (tertiary/aromatic N) is 1. The smallest absolute Gasteiger partial charge is 0.269 e. The van der Waals surface area contributed by atoms with Gasteiger partial charge in [0.05, 0.1) is 0 Å². The summed E-state index contributed by atoms with van der Waals surface area (Å²) in [5.74, 6) is 0.830. The molecule has 0 aliphatic rings. The van der Waals surface area contributed by atoms with E-state index in [0.29, 0.717) is 23.1 Å². The molecule has 0 atom stereocenters. The molecule has 6 nitrogen and oxygen atoms in total. The lowest BCUT2D eigenvalue weighted by molar-refractivity contribution is -0.132. The van der Waals surface area contributed by atoms with Crippen LogP contribution in [-0.2, 0) is 11.2 Å². The highest BCUT2D eigenvalue weighted by Gasteiger charge is 2.30. The molecule has 3 aromatic carbocycles. The topological polar surface area (TPSA) is 76.4 Å². The SMILES string of the molecule is Cc1cc(C)c2oc(Cc3ccc(NC(=S)NC(=O)C(C)(C)Oc4ccc(Cl)cc4)cc3)nc2c1. The standard InChI is InChI=1S/C27H26ClN3O3S/c1-16-13-17(2)24-22(14-16)30-23(33-24)15-18-5-9-20(10-6-18)29-26(35)31-25(32)27(3,4)34-21-11-7-19(28)8-12-21/h5-14H,15H2,1-4H3,(H2,29,31,32,35). The first-order valence-corrected chi connectivity index (χ1v) is 11.9. The van der Waals surface area contributed by atoms with Gasteiger partial charge in [0.1, 0.15) is 11.3 Å². The number of hydrogen-bond donors (Lipinski definition) is 2. The second-order valence-electron chi connectivity index (χ2n) is 8.89. The van der Waals surface area contributed by atoms with Crippen LogP contribution in [0.3, 0.4) is 0 Å². The van der Waals surface area contributed by atoms with Crippen LogP contribution in [0.4, 0.5) is 5.69 Å². The molecule has 0 saturated heterocycles. The van der Waals surface area contributed by atoms with Gasteiger partial charge >= 0.3 is 0 Å². The van der Waals surface area contributed by atoms with Gasteiger partial charge in [-0.3, -0.25) is 10.1 Å². The van der Waals surface area contributed by atoms with Crippen molar-refractivity contribution < 1.29 is 13.9 Å². The lowest BCUT2D eigenvalue weighted by atomic mass is 10.1. The number of amides is 1. The summed E-state index contributed by atoms with van der Waals surface area (Å²) >= 11 is 11.2. The summed E-state index contributed by atoms with van der Waals surface area (Å²) < 4.78 is 11.8. The monoisotopic (exact) mass is 507 g/mol. The number of benzene rings is 3. The maximum Gasteiger partial charge on any atom is 0.269 e. The van der Waals surface area contributed by atoms with Crippen molar-refractivity contribution in [3.8, 4) is 5.75 Å². The van der Waals surface area contributed by atoms with Crippen LogP contribution in [0.2, 0.25) is 5.02 Å². The van der Waals surface area contributed by atoms with Crippen molar-refractivity contribution >= 4 is 51.6 Å². The number of fused-ring (bicyclic) bond motifs is 1. The number of halogens is 1. The third-order valence-corrected chi connectivity index (χ3v) is 5.85. The van der Waals surface area contributed by atoms with Gasteiger partial charge in [0.2, 0.25) is 0 Å². The Kier molecular flexibility index (Phi) is 7.10. The van der Waals surface area contributed by atoms with Crippen molar-refractivity contribution in [1.82, 2.24) is 10.3 Å². The van der Waals surface area contributed by atoms with Gasteiger partial charge in [0, 0.05) is 17.1 Å². The fourth-order valence-electron chi connectivity index (χ4n) is 3.64. The first-order chi connectivity index (χ1) is 16.6. The zero-order valence-corrected chi connectivity index (χ0v) is 21.5. The quantitative estimate of drug-likeness (QED) is 0.296. The molecule has 0 unspecified atom stereocenters. The van der Waals surface area contributed by atoms with Crippen LogP contribution < -0.4 is 15.4 Å². The Balaban J connectivity index is 1.34. The second kappa shape index (κ2) is 10.1. The molecular formula is C27H26ClN3O3S. The third-order valence-electron chi connectivity index (χ3n) is 5.39. The molecule has 35 heavy (non-hydrogen) atoms. The Morgan fingerprint density at radius 3 is 2.46 bits per heavy atom. The lowest BCUT2D eigenvalue weighted by Crippen LogP contribution is -2.49. The second-order valence-corrected chi connectivity index (χ2v) is 9.73. The van der Waals surface area contributed by atoms with Crippen LogP contribution >= 0.6 is 23.8 Å². The molecule has 2 N–H and O–H groups in total. The van der Waals surface area contributed by atoms with E-state index in [2.05, 4.69) is 21.7 Å². The number of rotatable bonds is 6. The Labute approximate surface area is 214 Å². The van der Waals surface area contributed by atoms with Crippen molar-refractivity contribution in [2.24, 2.45) is 0 Å². The maximum absolute atomic E-state index is 12.7. The maximum atomic E-state index is 12.7. The molecule has 4 rings (SSSR count). The summed E-state index contributed by atoms with van der Waals surface area (Å²) in [5, 5.41) is 6.49. The van der Waals surface area contributed by atoms with Crippen LogP contribution in [0.1, 0.15) is 36.4 Å². The molecule has 0 fully saturated rings. The normalized spacial score (nSPS) is 11.3. The first kappa shape index (κ1) is 24.7. The van der Waals surface area contributed by atoms with E-state index >= 15 is 0 Å². The molecule has 1 aromatic heterocycles. The molecule has 8 heteroatoms. The molecule has 0 spiro atoms. The number of anilines is 1. The highest BCUT2D eigenvalue weighted by atomic mass is 35.5. The van der Waals surface area contributed by atoms with Crippen LogP contribution in [0.15, 0.2) is 65.1 Å². The van der Waals surface area contributed by atoms with Gasteiger partial charge in [-0.15, -0.1) is 0 Å². The summed E-state index contributed by atoms with van der Waals surface area (Å²) in [7, 11) is 0. The largest absolute Gasteiger partial charge is 0.478 e. The number of ether oxygens (including phenoxy) is 1. The molecule has 0 radical (unpaired) electrons. The number of carbonyl (C=O) groups excluding carboxylic acids is 1. The van der Waals surface area contributed by atoms with E-state index in [-0.39, 0.29) is 11.0 Å². The van der Waals surface area contributed by atoms with Crippen molar-refractivity contribution in [1.29, 1.82) is 0 Å². The van der Waals surface area contributed by atoms with E-state index in [1.54, 1.807) is 38.1 Å². The van der Waals surface area contributed by atoms with E-state index in [1.807, 2.05) is 44.2 Å². The Bertz CT molecular complexity index is 1380. The predicted octanol–water partition coefficient (Wildman–Crippen LogP) is 6.36. The van der Waals surface area contributed by atoms with Gasteiger partial charge in [0.15, 0.2) is 22.2 Å². The van der Waals surface area contributed by atoms with Gasteiger partial charge in [0.25, 0.3) is 5.91 Å². The highest BCUT2D eigenvalue weighted by Crippen LogP contribution is 2.24. The lowest BCUT2D eigenvalue weighted by Gasteiger charge is -2.25. The van der Waals surface area contributed by atoms with Gasteiger partial charge in [-0.05, 0) is 99.1 Å². The zero-order chi connectivity index (χ0) is 25.2. The van der Waals surface area contributed by atoms with E-state index in [0.717, 1.165) is 33.5 Å². The minimum absolute atomic E-state index is 0.181. The molecule has 1 amide bonds. The molecule has 4 aromatic rings. The fourth-order valence-corrected chi connectivity index (χ4v) is 3.98. The molecule has 180 valence electrons. The predicted molar refractivity (Wildman–Crippen MR) is 143 cm³/mol. The number of hydrogen-bond acceptors (Lipinski definition) is 5. The molecule has 1 heterocycles. The zero-order valence-electron chi connectivity index (χ0n) is 19.9. The van der Waals surface area contributed by atoms with E-state index < -0.39 is 5.60 Å². The molecule has 0 saturated carbocycles.